The molecule has 2 unspecified atom stereocenters. The third-order valence-corrected chi connectivity index (χ3v) is 6.15. The Kier molecular flexibility index (Phi) is 4.56. The van der Waals surface area contributed by atoms with Gasteiger partial charge in [-0.2, -0.15) is 5.26 Å². The van der Waals surface area contributed by atoms with E-state index in [4.69, 9.17) is 5.26 Å². The fourth-order valence-corrected chi connectivity index (χ4v) is 4.81. The molecule has 28 heavy (non-hydrogen) atoms. The van der Waals surface area contributed by atoms with Crippen LogP contribution in [0.1, 0.15) is 46.6 Å². The van der Waals surface area contributed by atoms with Crippen LogP contribution >= 0.6 is 0 Å². The van der Waals surface area contributed by atoms with Gasteiger partial charge in [0.25, 0.3) is 0 Å². The molecule has 0 spiro atoms. The Morgan fingerprint density at radius 2 is 2.04 bits per heavy atom. The molecule has 0 amide bonds. The lowest BCUT2D eigenvalue weighted by atomic mass is 9.98. The van der Waals surface area contributed by atoms with Gasteiger partial charge < -0.3 is 9.67 Å². The minimum atomic E-state index is -0.691. The fraction of sp³-hybridized carbons (Fsp3) is 0.429. The van der Waals surface area contributed by atoms with Gasteiger partial charge in [-0.05, 0) is 51.3 Å². The van der Waals surface area contributed by atoms with E-state index in [-0.39, 0.29) is 41.2 Å². The second kappa shape index (κ2) is 6.80. The van der Waals surface area contributed by atoms with Crippen LogP contribution in [0, 0.1) is 36.8 Å². The highest BCUT2D eigenvalue weighted by Gasteiger charge is 2.46. The Labute approximate surface area is 161 Å². The van der Waals surface area contributed by atoms with E-state index in [0.717, 1.165) is 12.8 Å². The second-order valence-corrected chi connectivity index (χ2v) is 7.67. The highest BCUT2D eigenvalue weighted by molar-refractivity contribution is 5.99. The number of nitriles is 1. The highest BCUT2D eigenvalue weighted by Crippen LogP contribution is 2.38. The number of ketones is 1. The molecule has 3 atom stereocenters. The molecule has 4 rings (SSSR count). The third kappa shape index (κ3) is 2.76. The van der Waals surface area contributed by atoms with E-state index >= 15 is 0 Å². The number of nitrogens with zero attached hydrogens (tertiary/aromatic N) is 3. The number of halogens is 2. The quantitative estimate of drug-likeness (QED) is 0.822. The lowest BCUT2D eigenvalue weighted by molar-refractivity contribution is 0.0870. The molecule has 3 heterocycles. The van der Waals surface area contributed by atoms with Crippen molar-refractivity contribution in [2.24, 2.45) is 0 Å². The average molecular weight is 385 g/mol. The lowest BCUT2D eigenvalue weighted by Crippen LogP contribution is -2.36. The van der Waals surface area contributed by atoms with Gasteiger partial charge in [0.2, 0.25) is 0 Å². The first-order valence-electron chi connectivity index (χ1n) is 9.38. The number of aliphatic hydroxyl groups excluding tert-OH is 1. The number of carbonyl (C=O) groups is 1. The van der Waals surface area contributed by atoms with Gasteiger partial charge in [-0.25, -0.2) is 8.78 Å². The largest absolute Gasteiger partial charge is 0.391 e. The van der Waals surface area contributed by atoms with Gasteiger partial charge in [0.05, 0.1) is 29.5 Å². The van der Waals surface area contributed by atoms with Crippen LogP contribution in [-0.2, 0) is 0 Å². The maximum atomic E-state index is 15.0. The van der Waals surface area contributed by atoms with E-state index in [1.165, 1.54) is 22.8 Å². The molecule has 2 fully saturated rings. The number of hydrogen-bond acceptors (Lipinski definition) is 4. The summed E-state index contributed by atoms with van der Waals surface area (Å²) in [6, 6.07) is 5.94. The Morgan fingerprint density at radius 1 is 1.29 bits per heavy atom. The Bertz CT molecular complexity index is 1010. The predicted octanol–water partition coefficient (Wildman–Crippen LogP) is 3.02. The van der Waals surface area contributed by atoms with Crippen molar-refractivity contribution in [3.63, 3.8) is 0 Å². The fourth-order valence-electron chi connectivity index (χ4n) is 4.81. The maximum absolute atomic E-state index is 15.0. The van der Waals surface area contributed by atoms with Crippen LogP contribution in [0.4, 0.5) is 8.78 Å². The minimum Gasteiger partial charge on any atom is -0.391 e. The molecule has 1 aromatic carbocycles. The van der Waals surface area contributed by atoms with Gasteiger partial charge in [0.15, 0.2) is 11.6 Å². The van der Waals surface area contributed by atoms with Crippen molar-refractivity contribution >= 4 is 5.78 Å². The van der Waals surface area contributed by atoms with Crippen molar-refractivity contribution in [3.8, 4) is 11.8 Å². The average Bonchev–Trinajstić information content (AvgIpc) is 3.24. The second-order valence-electron chi connectivity index (χ2n) is 7.67. The number of hydrogen-bond donors (Lipinski definition) is 1. The number of carbonyl (C=O) groups excluding carboxylic acids is 1. The molecule has 2 bridgehead atoms. The first kappa shape index (κ1) is 18.8. The number of Topliss-reactive ketones (excluding diaryl/α,β-unsaturated/α-hetero) is 1. The first-order chi connectivity index (χ1) is 13.3. The summed E-state index contributed by atoms with van der Waals surface area (Å²) in [5.74, 6) is -1.64. The summed E-state index contributed by atoms with van der Waals surface area (Å²) in [7, 11) is 0. The summed E-state index contributed by atoms with van der Waals surface area (Å²) in [4.78, 5) is 14.9. The third-order valence-electron chi connectivity index (χ3n) is 6.15. The molecule has 0 saturated carbocycles. The van der Waals surface area contributed by atoms with Gasteiger partial charge >= 0.3 is 0 Å². The van der Waals surface area contributed by atoms with Crippen molar-refractivity contribution in [3.05, 3.63) is 52.3 Å². The normalized spacial score (nSPS) is 23.9. The molecule has 2 aromatic rings. The lowest BCUT2D eigenvalue weighted by Gasteiger charge is -2.21. The molecule has 0 aliphatic carbocycles. The molecule has 1 aromatic heterocycles. The maximum Gasteiger partial charge on any atom is 0.181 e. The van der Waals surface area contributed by atoms with E-state index in [0.29, 0.717) is 17.8 Å². The SMILES string of the molecule is Cc1c(F)c(C(=O)CN2C3CCC2[C@H](O)C3)c(C)n1-c1ccc(C#N)c(F)c1. The van der Waals surface area contributed by atoms with E-state index in [2.05, 4.69) is 0 Å². The smallest absolute Gasteiger partial charge is 0.181 e. The van der Waals surface area contributed by atoms with Crippen molar-refractivity contribution < 1.29 is 18.7 Å². The van der Waals surface area contributed by atoms with E-state index in [1.54, 1.807) is 19.9 Å². The molecule has 146 valence electrons. The molecule has 1 N–H and O–H groups in total. The molecular formula is C21H21F2N3O2. The monoisotopic (exact) mass is 385 g/mol. The molecule has 7 heteroatoms. The summed E-state index contributed by atoms with van der Waals surface area (Å²) < 4.78 is 30.5. The van der Waals surface area contributed by atoms with Crippen LogP contribution < -0.4 is 0 Å². The summed E-state index contributed by atoms with van der Waals surface area (Å²) >= 11 is 0. The molecule has 2 aliphatic heterocycles. The molecular weight excluding hydrogens is 364 g/mol. The van der Waals surface area contributed by atoms with Crippen LogP contribution in [0.5, 0.6) is 0 Å². The summed E-state index contributed by atoms with van der Waals surface area (Å²) in [5, 5.41) is 18.9. The van der Waals surface area contributed by atoms with Crippen LogP contribution in [0.3, 0.4) is 0 Å². The van der Waals surface area contributed by atoms with Crippen LogP contribution in [0.15, 0.2) is 18.2 Å². The van der Waals surface area contributed by atoms with Crippen molar-refractivity contribution in [2.45, 2.75) is 51.3 Å². The standard InChI is InChI=1S/C21H21F2N3O2/c1-11-20(19(28)10-25-14-5-6-17(25)18(27)8-14)21(23)12(2)26(11)15-4-3-13(9-24)16(22)7-15/h3-4,7,14,17-18,27H,5-6,8,10H2,1-2H3/t14?,17?,18-/m1/s1. The van der Waals surface area contributed by atoms with Crippen molar-refractivity contribution in [1.82, 2.24) is 9.47 Å². The highest BCUT2D eigenvalue weighted by atomic mass is 19.1. The van der Waals surface area contributed by atoms with Crippen LogP contribution in [-0.4, -0.2) is 45.1 Å². The number of benzene rings is 1. The topological polar surface area (TPSA) is 69.3 Å². The molecule has 2 saturated heterocycles. The van der Waals surface area contributed by atoms with Gasteiger partial charge in [0.1, 0.15) is 11.9 Å². The van der Waals surface area contributed by atoms with Gasteiger partial charge in [0, 0.05) is 23.5 Å². The van der Waals surface area contributed by atoms with Gasteiger partial charge in [-0.15, -0.1) is 0 Å². The zero-order valence-corrected chi connectivity index (χ0v) is 15.7. The Morgan fingerprint density at radius 3 is 2.61 bits per heavy atom. The van der Waals surface area contributed by atoms with Crippen molar-refractivity contribution in [2.75, 3.05) is 6.54 Å². The predicted molar refractivity (Wildman–Crippen MR) is 98.3 cm³/mol. The minimum absolute atomic E-state index is 0.00283. The Hall–Kier alpha value is -2.56. The number of aromatic nitrogens is 1. The van der Waals surface area contributed by atoms with Crippen LogP contribution in [0.2, 0.25) is 0 Å². The summed E-state index contributed by atoms with van der Waals surface area (Å²) in [6.45, 7) is 3.24. The zero-order valence-electron chi connectivity index (χ0n) is 15.7. The molecule has 0 radical (unpaired) electrons. The van der Waals surface area contributed by atoms with Crippen molar-refractivity contribution in [1.29, 1.82) is 5.26 Å². The number of rotatable bonds is 4. The van der Waals surface area contributed by atoms with Crippen LogP contribution in [0.25, 0.3) is 5.69 Å². The number of fused-ring (bicyclic) bond motifs is 2. The number of aliphatic hydroxyl groups is 1. The first-order valence-corrected chi connectivity index (χ1v) is 9.38. The summed E-state index contributed by atoms with van der Waals surface area (Å²) in [5.41, 5.74) is 0.890. The molecule has 2 aliphatic rings. The molecule has 5 nitrogen and oxygen atoms in total. The Balaban J connectivity index is 1.68. The van der Waals surface area contributed by atoms with E-state index in [9.17, 15) is 18.7 Å². The van der Waals surface area contributed by atoms with E-state index in [1.807, 2.05) is 4.90 Å². The van der Waals surface area contributed by atoms with Gasteiger partial charge in [-0.1, -0.05) is 0 Å². The zero-order chi connectivity index (χ0) is 20.2. The summed E-state index contributed by atoms with van der Waals surface area (Å²) in [6.07, 6.45) is 2.03. The van der Waals surface area contributed by atoms with Gasteiger partial charge in [-0.3, -0.25) is 9.69 Å². The van der Waals surface area contributed by atoms with E-state index < -0.39 is 17.7 Å².